The largest absolute Gasteiger partial charge is 0.477 e. The van der Waals surface area contributed by atoms with E-state index in [1.807, 2.05) is 13.8 Å². The van der Waals surface area contributed by atoms with Gasteiger partial charge in [0.1, 0.15) is 11.4 Å². The SMILES string of the molecule is CC(C)c1nc2ncc(C(=O)O)c(N)n2n1. The van der Waals surface area contributed by atoms with Crippen LogP contribution in [0.1, 0.15) is 35.9 Å². The lowest BCUT2D eigenvalue weighted by Crippen LogP contribution is -2.09. The highest BCUT2D eigenvalue weighted by molar-refractivity contribution is 5.92. The van der Waals surface area contributed by atoms with Gasteiger partial charge in [0.15, 0.2) is 5.82 Å². The van der Waals surface area contributed by atoms with Crippen LogP contribution in [0.4, 0.5) is 5.82 Å². The van der Waals surface area contributed by atoms with Gasteiger partial charge in [-0.15, -0.1) is 5.10 Å². The molecule has 2 heterocycles. The third-order valence-corrected chi connectivity index (χ3v) is 2.17. The quantitative estimate of drug-likeness (QED) is 0.766. The smallest absolute Gasteiger partial charge is 0.341 e. The summed E-state index contributed by atoms with van der Waals surface area (Å²) in [6.45, 7) is 3.87. The van der Waals surface area contributed by atoms with E-state index in [2.05, 4.69) is 15.1 Å². The standard InChI is InChI=1S/C9H11N5O2/c1-4(2)7-12-9-11-3-5(8(15)16)6(10)14(9)13-7/h3-4H,10H2,1-2H3,(H,15,16). The Bertz CT molecular complexity index is 560. The number of aromatic carboxylic acids is 1. The summed E-state index contributed by atoms with van der Waals surface area (Å²) in [5.74, 6) is -0.0623. The normalized spacial score (nSPS) is 11.2. The first-order valence-electron chi connectivity index (χ1n) is 4.75. The van der Waals surface area contributed by atoms with E-state index in [-0.39, 0.29) is 17.3 Å². The fourth-order valence-electron chi connectivity index (χ4n) is 1.28. The van der Waals surface area contributed by atoms with Crippen LogP contribution in [0, 0.1) is 0 Å². The minimum atomic E-state index is -1.13. The zero-order valence-electron chi connectivity index (χ0n) is 8.88. The number of nitrogens with zero attached hydrogens (tertiary/aromatic N) is 4. The molecule has 0 aliphatic heterocycles. The van der Waals surface area contributed by atoms with Gasteiger partial charge in [-0.05, 0) is 0 Å². The van der Waals surface area contributed by atoms with Gasteiger partial charge in [0, 0.05) is 12.1 Å². The first-order valence-corrected chi connectivity index (χ1v) is 4.75. The molecule has 7 nitrogen and oxygen atoms in total. The molecule has 0 atom stereocenters. The van der Waals surface area contributed by atoms with Crippen LogP contribution in [-0.4, -0.2) is 30.7 Å². The monoisotopic (exact) mass is 221 g/mol. The first-order chi connectivity index (χ1) is 7.50. The van der Waals surface area contributed by atoms with Crippen LogP contribution >= 0.6 is 0 Å². The van der Waals surface area contributed by atoms with E-state index in [9.17, 15) is 4.79 Å². The topological polar surface area (TPSA) is 106 Å². The maximum absolute atomic E-state index is 10.8. The van der Waals surface area contributed by atoms with E-state index in [4.69, 9.17) is 10.8 Å². The second-order valence-electron chi connectivity index (χ2n) is 3.70. The first kappa shape index (κ1) is 10.3. The lowest BCUT2D eigenvalue weighted by Gasteiger charge is -2.00. The number of aromatic nitrogens is 4. The van der Waals surface area contributed by atoms with Crippen molar-refractivity contribution in [3.63, 3.8) is 0 Å². The van der Waals surface area contributed by atoms with E-state index in [0.717, 1.165) is 0 Å². The number of anilines is 1. The predicted molar refractivity (Wildman–Crippen MR) is 56.2 cm³/mol. The number of carboxylic acid groups (broad SMARTS) is 1. The predicted octanol–water partition coefficient (Wildman–Crippen LogP) is 0.528. The molecule has 84 valence electrons. The van der Waals surface area contributed by atoms with Gasteiger partial charge in [-0.1, -0.05) is 13.8 Å². The van der Waals surface area contributed by atoms with Crippen LogP contribution in [0.2, 0.25) is 0 Å². The Hall–Kier alpha value is -2.18. The molecule has 0 unspecified atom stereocenters. The summed E-state index contributed by atoms with van der Waals surface area (Å²) in [5, 5.41) is 13.0. The van der Waals surface area contributed by atoms with Crippen molar-refractivity contribution < 1.29 is 9.90 Å². The van der Waals surface area contributed by atoms with Crippen molar-refractivity contribution >= 4 is 17.6 Å². The molecule has 0 amide bonds. The molecule has 2 rings (SSSR count). The van der Waals surface area contributed by atoms with Gasteiger partial charge in [-0.3, -0.25) is 0 Å². The fraction of sp³-hybridized carbons (Fsp3) is 0.333. The van der Waals surface area contributed by atoms with Crippen LogP contribution in [0.15, 0.2) is 6.20 Å². The number of carbonyl (C=O) groups is 1. The summed E-state index contributed by atoms with van der Waals surface area (Å²) in [4.78, 5) is 18.9. The van der Waals surface area contributed by atoms with Gasteiger partial charge in [-0.25, -0.2) is 9.78 Å². The molecule has 0 bridgehead atoms. The van der Waals surface area contributed by atoms with Gasteiger partial charge in [-0.2, -0.15) is 9.50 Å². The maximum atomic E-state index is 10.8. The van der Waals surface area contributed by atoms with Crippen molar-refractivity contribution in [2.24, 2.45) is 0 Å². The van der Waals surface area contributed by atoms with Crippen LogP contribution in [0.25, 0.3) is 5.78 Å². The molecule has 0 radical (unpaired) electrons. The molecule has 7 heteroatoms. The van der Waals surface area contributed by atoms with E-state index < -0.39 is 5.97 Å². The number of carboxylic acids is 1. The molecule has 0 saturated carbocycles. The summed E-state index contributed by atoms with van der Waals surface area (Å²) in [6.07, 6.45) is 1.19. The van der Waals surface area contributed by atoms with Crippen LogP contribution in [0.5, 0.6) is 0 Å². The zero-order chi connectivity index (χ0) is 11.9. The van der Waals surface area contributed by atoms with E-state index in [0.29, 0.717) is 11.6 Å². The molecular formula is C9H11N5O2. The molecule has 0 aromatic carbocycles. The summed E-state index contributed by atoms with van der Waals surface area (Å²) < 4.78 is 1.25. The molecule has 16 heavy (non-hydrogen) atoms. The molecule has 0 saturated heterocycles. The molecular weight excluding hydrogens is 210 g/mol. The Balaban J connectivity index is 2.69. The number of fused-ring (bicyclic) bond motifs is 1. The Morgan fingerprint density at radius 2 is 2.25 bits per heavy atom. The van der Waals surface area contributed by atoms with E-state index >= 15 is 0 Å². The molecule has 2 aromatic heterocycles. The highest BCUT2D eigenvalue weighted by Crippen LogP contribution is 2.15. The number of hydrogen-bond donors (Lipinski definition) is 2. The van der Waals surface area contributed by atoms with Gasteiger partial charge >= 0.3 is 5.97 Å². The van der Waals surface area contributed by atoms with Gasteiger partial charge in [0.2, 0.25) is 0 Å². The van der Waals surface area contributed by atoms with E-state index in [1.54, 1.807) is 0 Å². The minimum absolute atomic E-state index is 0.0388. The van der Waals surface area contributed by atoms with Crippen molar-refractivity contribution in [3.05, 3.63) is 17.6 Å². The molecule has 3 N–H and O–H groups in total. The van der Waals surface area contributed by atoms with Crippen LogP contribution < -0.4 is 5.73 Å². The Kier molecular flexibility index (Phi) is 2.22. The molecule has 0 aliphatic rings. The summed E-state index contributed by atoms with van der Waals surface area (Å²) in [6, 6.07) is 0. The number of rotatable bonds is 2. The molecule has 0 spiro atoms. The lowest BCUT2D eigenvalue weighted by atomic mass is 10.2. The van der Waals surface area contributed by atoms with Crippen molar-refractivity contribution in [1.29, 1.82) is 0 Å². The average molecular weight is 221 g/mol. The number of nitrogen functional groups attached to an aromatic ring is 1. The third-order valence-electron chi connectivity index (χ3n) is 2.17. The second kappa shape index (κ2) is 3.44. The highest BCUT2D eigenvalue weighted by Gasteiger charge is 2.15. The average Bonchev–Trinajstić information content (AvgIpc) is 2.62. The number of hydrogen-bond acceptors (Lipinski definition) is 5. The maximum Gasteiger partial charge on any atom is 0.341 e. The van der Waals surface area contributed by atoms with Crippen molar-refractivity contribution in [2.75, 3.05) is 5.73 Å². The third kappa shape index (κ3) is 1.46. The van der Waals surface area contributed by atoms with Gasteiger partial charge < -0.3 is 10.8 Å². The zero-order valence-corrected chi connectivity index (χ0v) is 8.88. The van der Waals surface area contributed by atoms with Crippen molar-refractivity contribution in [3.8, 4) is 0 Å². The van der Waals surface area contributed by atoms with Crippen molar-refractivity contribution in [1.82, 2.24) is 19.6 Å². The second-order valence-corrected chi connectivity index (χ2v) is 3.70. The Morgan fingerprint density at radius 3 is 2.81 bits per heavy atom. The highest BCUT2D eigenvalue weighted by atomic mass is 16.4. The number of nitrogens with two attached hydrogens (primary N) is 1. The van der Waals surface area contributed by atoms with Crippen molar-refractivity contribution in [2.45, 2.75) is 19.8 Å². The Labute approximate surface area is 90.9 Å². The summed E-state index contributed by atoms with van der Waals surface area (Å²) >= 11 is 0. The van der Waals surface area contributed by atoms with Gasteiger partial charge in [0.25, 0.3) is 5.78 Å². The van der Waals surface area contributed by atoms with Gasteiger partial charge in [0.05, 0.1) is 0 Å². The Morgan fingerprint density at radius 1 is 1.56 bits per heavy atom. The van der Waals surface area contributed by atoms with Crippen LogP contribution in [0.3, 0.4) is 0 Å². The molecule has 0 fully saturated rings. The van der Waals surface area contributed by atoms with Crippen LogP contribution in [-0.2, 0) is 0 Å². The molecule has 2 aromatic rings. The fourth-order valence-corrected chi connectivity index (χ4v) is 1.28. The summed E-state index contributed by atoms with van der Waals surface area (Å²) in [7, 11) is 0. The molecule has 0 aliphatic carbocycles. The minimum Gasteiger partial charge on any atom is -0.477 e. The summed E-state index contributed by atoms with van der Waals surface area (Å²) in [5.41, 5.74) is 5.60. The lowest BCUT2D eigenvalue weighted by molar-refractivity contribution is 0.0697. The van der Waals surface area contributed by atoms with E-state index in [1.165, 1.54) is 10.7 Å².